The van der Waals surface area contributed by atoms with Crippen LogP contribution in [0.15, 0.2) is 9.98 Å². The number of hydrogen-bond acceptors (Lipinski definition) is 3. The third-order valence-corrected chi connectivity index (χ3v) is 1.46. The molecule has 0 spiro atoms. The molecule has 0 amide bonds. The Bertz CT molecular complexity index is 230. The molecule has 0 radical (unpaired) electrons. The Hall–Kier alpha value is -0.770. The van der Waals surface area contributed by atoms with E-state index < -0.39 is 0 Å². The van der Waals surface area contributed by atoms with Crippen molar-refractivity contribution >= 4 is 28.8 Å². The van der Waals surface area contributed by atoms with Crippen LogP contribution < -0.4 is 5.32 Å². The lowest BCUT2D eigenvalue weighted by molar-refractivity contribution is 0.952. The molecule has 3 nitrogen and oxygen atoms in total. The molecular formula is C7H11N3S. The van der Waals surface area contributed by atoms with Gasteiger partial charge in [0, 0.05) is 0 Å². The number of hydrogen-bond donors (Lipinski definition) is 1. The summed E-state index contributed by atoms with van der Waals surface area (Å²) in [4.78, 5) is 9.20. The van der Waals surface area contributed by atoms with Crippen molar-refractivity contribution in [3.63, 3.8) is 0 Å². The number of amidine groups is 1. The minimum Gasteiger partial charge on any atom is -0.334 e. The van der Waals surface area contributed by atoms with Crippen LogP contribution in [0, 0.1) is 0 Å². The molecule has 1 rings (SSSR count). The first kappa shape index (κ1) is 8.33. The normalized spacial score (nSPS) is 16.9. The van der Waals surface area contributed by atoms with Gasteiger partial charge in [0.05, 0.1) is 23.8 Å². The predicted molar refractivity (Wildman–Crippen MR) is 51.7 cm³/mol. The van der Waals surface area contributed by atoms with E-state index in [2.05, 4.69) is 15.3 Å². The van der Waals surface area contributed by atoms with Crippen LogP contribution in [0.25, 0.3) is 0 Å². The summed E-state index contributed by atoms with van der Waals surface area (Å²) < 4.78 is 0. The van der Waals surface area contributed by atoms with E-state index in [0.717, 1.165) is 29.6 Å². The first-order valence-electron chi connectivity index (χ1n) is 3.53. The molecule has 0 bridgehead atoms. The topological polar surface area (TPSA) is 36.8 Å². The molecule has 0 saturated carbocycles. The Morgan fingerprint density at radius 1 is 1.45 bits per heavy atom. The molecule has 1 heterocycles. The zero-order valence-electron chi connectivity index (χ0n) is 6.72. The van der Waals surface area contributed by atoms with Crippen LogP contribution in [0.3, 0.4) is 0 Å². The van der Waals surface area contributed by atoms with Gasteiger partial charge in [-0.25, -0.2) is 0 Å². The fourth-order valence-corrected chi connectivity index (χ4v) is 0.962. The Labute approximate surface area is 71.6 Å². The summed E-state index contributed by atoms with van der Waals surface area (Å²) in [7, 11) is 0. The maximum atomic E-state index is 4.88. The lowest BCUT2D eigenvalue weighted by Gasteiger charge is -2.11. The molecule has 0 aromatic carbocycles. The summed E-state index contributed by atoms with van der Waals surface area (Å²) in [6.45, 7) is 5.33. The van der Waals surface area contributed by atoms with Gasteiger partial charge in [-0.15, -0.1) is 0 Å². The van der Waals surface area contributed by atoms with Gasteiger partial charge >= 0.3 is 0 Å². The quantitative estimate of drug-likeness (QED) is 0.544. The van der Waals surface area contributed by atoms with Crippen molar-refractivity contribution in [3.05, 3.63) is 0 Å². The smallest absolute Gasteiger partial charge is 0.147 e. The lowest BCUT2D eigenvalue weighted by Crippen LogP contribution is -2.34. The van der Waals surface area contributed by atoms with Crippen LogP contribution in [0.5, 0.6) is 0 Å². The van der Waals surface area contributed by atoms with E-state index in [1.54, 1.807) is 0 Å². The van der Waals surface area contributed by atoms with Crippen molar-refractivity contribution in [1.82, 2.24) is 5.32 Å². The van der Waals surface area contributed by atoms with E-state index in [1.165, 1.54) is 0 Å². The highest BCUT2D eigenvalue weighted by molar-refractivity contribution is 7.80. The Balaban J connectivity index is 2.63. The molecule has 0 saturated heterocycles. The molecule has 0 aromatic rings. The highest BCUT2D eigenvalue weighted by Crippen LogP contribution is 1.91. The van der Waals surface area contributed by atoms with Gasteiger partial charge in [-0.05, 0) is 13.8 Å². The van der Waals surface area contributed by atoms with E-state index in [0.29, 0.717) is 0 Å². The zero-order valence-corrected chi connectivity index (χ0v) is 7.53. The summed E-state index contributed by atoms with van der Waals surface area (Å²) in [6.07, 6.45) is 0. The first-order chi connectivity index (χ1) is 5.20. The van der Waals surface area contributed by atoms with Crippen molar-refractivity contribution < 1.29 is 0 Å². The molecule has 1 N–H and O–H groups in total. The molecule has 0 aromatic heterocycles. The summed E-state index contributed by atoms with van der Waals surface area (Å²) in [5, 5.41) is 2.98. The van der Waals surface area contributed by atoms with Gasteiger partial charge in [0.25, 0.3) is 0 Å². The third-order valence-electron chi connectivity index (χ3n) is 1.36. The van der Waals surface area contributed by atoms with Crippen LogP contribution in [0.4, 0.5) is 0 Å². The van der Waals surface area contributed by atoms with E-state index >= 15 is 0 Å². The maximum absolute atomic E-state index is 4.88. The molecule has 1 aliphatic heterocycles. The van der Waals surface area contributed by atoms with E-state index in [1.807, 2.05) is 13.8 Å². The van der Waals surface area contributed by atoms with Crippen molar-refractivity contribution in [3.8, 4) is 0 Å². The standard InChI is InChI=1S/C7H11N3S/c1-5-7(10-6(2)11)9-4-3-8-5/h3-4H2,1-2H3,(H,9,10,11). The van der Waals surface area contributed by atoms with E-state index in [9.17, 15) is 0 Å². The Morgan fingerprint density at radius 2 is 2.09 bits per heavy atom. The minimum atomic E-state index is 0.736. The number of aliphatic imine (C=N–C) groups is 2. The number of nitrogens with zero attached hydrogens (tertiary/aromatic N) is 2. The second-order valence-corrected chi connectivity index (χ2v) is 2.99. The number of rotatable bonds is 0. The molecule has 60 valence electrons. The molecular weight excluding hydrogens is 158 g/mol. The third kappa shape index (κ3) is 2.38. The zero-order chi connectivity index (χ0) is 8.27. The molecule has 0 fully saturated rings. The number of nitrogens with one attached hydrogen (secondary N) is 1. The summed E-state index contributed by atoms with van der Waals surface area (Å²) >= 11 is 4.88. The predicted octanol–water partition coefficient (Wildman–Crippen LogP) is 0.796. The van der Waals surface area contributed by atoms with Gasteiger partial charge in [-0.1, -0.05) is 12.2 Å². The molecule has 1 aliphatic rings. The Morgan fingerprint density at radius 3 is 2.64 bits per heavy atom. The van der Waals surface area contributed by atoms with Gasteiger partial charge in [0.15, 0.2) is 0 Å². The molecule has 0 atom stereocenters. The largest absolute Gasteiger partial charge is 0.334 e. The fraction of sp³-hybridized carbons (Fsp3) is 0.571. The molecule has 0 aliphatic carbocycles. The average Bonchev–Trinajstić information content (AvgIpc) is 1.93. The summed E-state index contributed by atoms with van der Waals surface area (Å²) in [5.74, 6) is 0.823. The van der Waals surface area contributed by atoms with Crippen molar-refractivity contribution in [2.45, 2.75) is 13.8 Å². The SMILES string of the molecule is CC(=S)NC1=NCCN=C1C. The van der Waals surface area contributed by atoms with Gasteiger partial charge in [-0.3, -0.25) is 9.98 Å². The van der Waals surface area contributed by atoms with Gasteiger partial charge < -0.3 is 5.32 Å². The van der Waals surface area contributed by atoms with Crippen LogP contribution in [-0.2, 0) is 0 Å². The fourth-order valence-electron chi connectivity index (χ4n) is 0.866. The average molecular weight is 169 g/mol. The van der Waals surface area contributed by atoms with Crippen LogP contribution in [0.1, 0.15) is 13.8 Å². The van der Waals surface area contributed by atoms with E-state index in [4.69, 9.17) is 12.2 Å². The number of thiocarbonyl (C=S) groups is 1. The van der Waals surface area contributed by atoms with Crippen LogP contribution in [0.2, 0.25) is 0 Å². The van der Waals surface area contributed by atoms with Gasteiger partial charge in [0.1, 0.15) is 5.84 Å². The van der Waals surface area contributed by atoms with E-state index in [-0.39, 0.29) is 0 Å². The van der Waals surface area contributed by atoms with Crippen LogP contribution >= 0.6 is 12.2 Å². The molecule has 11 heavy (non-hydrogen) atoms. The Kier molecular flexibility index (Phi) is 2.70. The maximum Gasteiger partial charge on any atom is 0.147 e. The monoisotopic (exact) mass is 169 g/mol. The highest BCUT2D eigenvalue weighted by atomic mass is 32.1. The van der Waals surface area contributed by atoms with Crippen molar-refractivity contribution in [1.29, 1.82) is 0 Å². The van der Waals surface area contributed by atoms with Gasteiger partial charge in [-0.2, -0.15) is 0 Å². The lowest BCUT2D eigenvalue weighted by atomic mass is 10.3. The molecule has 4 heteroatoms. The van der Waals surface area contributed by atoms with Crippen molar-refractivity contribution in [2.24, 2.45) is 9.98 Å². The molecule has 0 unspecified atom stereocenters. The van der Waals surface area contributed by atoms with Crippen molar-refractivity contribution in [2.75, 3.05) is 13.1 Å². The minimum absolute atomic E-state index is 0.736. The van der Waals surface area contributed by atoms with Crippen LogP contribution in [-0.4, -0.2) is 29.6 Å². The summed E-state index contributed by atoms with van der Waals surface area (Å²) in [5.41, 5.74) is 0.945. The second-order valence-electron chi connectivity index (χ2n) is 2.38. The first-order valence-corrected chi connectivity index (χ1v) is 3.94. The highest BCUT2D eigenvalue weighted by Gasteiger charge is 2.06. The summed E-state index contributed by atoms with van der Waals surface area (Å²) in [6, 6.07) is 0. The van der Waals surface area contributed by atoms with Gasteiger partial charge in [0.2, 0.25) is 0 Å². The second kappa shape index (κ2) is 3.57.